The molecule has 1 saturated heterocycles. The molecule has 0 aromatic carbocycles. The zero-order valence-electron chi connectivity index (χ0n) is 17.4. The van der Waals surface area contributed by atoms with E-state index in [1.54, 1.807) is 6.20 Å². The summed E-state index contributed by atoms with van der Waals surface area (Å²) in [5, 5.41) is 0. The number of aromatic nitrogens is 5. The fraction of sp³-hybridized carbons (Fsp3) is 0.500. The second kappa shape index (κ2) is 6.99. The van der Waals surface area contributed by atoms with E-state index in [0.29, 0.717) is 17.4 Å². The molecule has 2 bridgehead atoms. The van der Waals surface area contributed by atoms with Crippen molar-refractivity contribution in [1.29, 1.82) is 0 Å². The van der Waals surface area contributed by atoms with Crippen molar-refractivity contribution in [2.75, 3.05) is 13.1 Å². The molecule has 7 heteroatoms. The number of imidazole rings is 2. The fourth-order valence-electron chi connectivity index (χ4n) is 5.07. The van der Waals surface area contributed by atoms with Crippen LogP contribution in [0.1, 0.15) is 42.2 Å². The van der Waals surface area contributed by atoms with E-state index in [1.165, 1.54) is 11.4 Å². The minimum Gasteiger partial charge on any atom is -0.346 e. The van der Waals surface area contributed by atoms with Crippen LogP contribution in [0.3, 0.4) is 0 Å². The zero-order valence-corrected chi connectivity index (χ0v) is 17.4. The number of fused-ring (bicyclic) bond motifs is 4. The number of hydrogen-bond acceptors (Lipinski definition) is 4. The van der Waals surface area contributed by atoms with Crippen LogP contribution in [-0.4, -0.2) is 42.1 Å². The third-order valence-electron chi connectivity index (χ3n) is 6.48. The third-order valence-corrected chi connectivity index (χ3v) is 6.48. The standard InChI is InChI=1S/C22H28N6O/c1-4-20-24-14(2)18(25-20)13-27-10-15-9-16(12-27)19-6-5-17(22(29)28(19)11-15)21-23-7-8-26(21)3/h5-8,15-16H,4,9-13H2,1-3H3,(H,24,25)/t15-,16+/m0/s1. The average molecular weight is 393 g/mol. The van der Waals surface area contributed by atoms with Gasteiger partial charge in [-0.1, -0.05) is 6.92 Å². The van der Waals surface area contributed by atoms with Crippen LogP contribution in [0, 0.1) is 12.8 Å². The Kier molecular flexibility index (Phi) is 4.42. The molecular formula is C22H28N6O. The Morgan fingerprint density at radius 2 is 2.10 bits per heavy atom. The Bertz CT molecular complexity index is 1110. The quantitative estimate of drug-likeness (QED) is 0.740. The molecule has 2 aliphatic heterocycles. The molecule has 152 valence electrons. The van der Waals surface area contributed by atoms with Crippen molar-refractivity contribution in [3.05, 3.63) is 57.8 Å². The normalized spacial score (nSPS) is 21.3. The van der Waals surface area contributed by atoms with Crippen molar-refractivity contribution < 1.29 is 0 Å². The topological polar surface area (TPSA) is 71.7 Å². The number of rotatable bonds is 4. The summed E-state index contributed by atoms with van der Waals surface area (Å²) in [7, 11) is 1.93. The Hall–Kier alpha value is -2.67. The maximum atomic E-state index is 13.2. The van der Waals surface area contributed by atoms with E-state index in [-0.39, 0.29) is 5.56 Å². The number of aromatic amines is 1. The first-order chi connectivity index (χ1) is 14.0. The van der Waals surface area contributed by atoms with Crippen molar-refractivity contribution in [2.45, 2.75) is 45.7 Å². The lowest BCUT2D eigenvalue weighted by Crippen LogP contribution is -2.47. The van der Waals surface area contributed by atoms with Gasteiger partial charge in [-0.15, -0.1) is 0 Å². The highest BCUT2D eigenvalue weighted by Gasteiger charge is 2.35. The molecule has 3 aromatic heterocycles. The summed E-state index contributed by atoms with van der Waals surface area (Å²) >= 11 is 0. The van der Waals surface area contributed by atoms with Gasteiger partial charge in [-0.25, -0.2) is 9.97 Å². The van der Waals surface area contributed by atoms with Gasteiger partial charge in [0.2, 0.25) is 0 Å². The van der Waals surface area contributed by atoms with Crippen molar-refractivity contribution in [2.24, 2.45) is 13.0 Å². The van der Waals surface area contributed by atoms with Crippen LogP contribution in [0.15, 0.2) is 29.3 Å². The number of aryl methyl sites for hydroxylation is 3. The predicted octanol–water partition coefficient (Wildman–Crippen LogP) is 2.46. The second-order valence-corrected chi connectivity index (χ2v) is 8.55. The molecule has 2 aliphatic rings. The summed E-state index contributed by atoms with van der Waals surface area (Å²) in [5.74, 6) is 2.70. The van der Waals surface area contributed by atoms with Gasteiger partial charge in [-0.3, -0.25) is 9.69 Å². The van der Waals surface area contributed by atoms with Gasteiger partial charge >= 0.3 is 0 Å². The molecule has 0 unspecified atom stereocenters. The summed E-state index contributed by atoms with van der Waals surface area (Å²) in [6, 6.07) is 4.10. The smallest absolute Gasteiger partial charge is 0.261 e. The van der Waals surface area contributed by atoms with Crippen molar-refractivity contribution >= 4 is 0 Å². The molecule has 0 spiro atoms. The van der Waals surface area contributed by atoms with E-state index in [4.69, 9.17) is 4.98 Å². The number of pyridine rings is 1. The molecule has 3 aromatic rings. The first-order valence-corrected chi connectivity index (χ1v) is 10.5. The number of nitrogens with zero attached hydrogens (tertiary/aromatic N) is 5. The number of nitrogens with one attached hydrogen (secondary N) is 1. The molecular weight excluding hydrogens is 364 g/mol. The fourth-order valence-corrected chi connectivity index (χ4v) is 5.07. The number of likely N-dealkylation sites (tertiary alicyclic amines) is 1. The van der Waals surface area contributed by atoms with Crippen LogP contribution >= 0.6 is 0 Å². The van der Waals surface area contributed by atoms with Crippen LogP contribution in [0.4, 0.5) is 0 Å². The van der Waals surface area contributed by atoms with E-state index < -0.39 is 0 Å². The number of hydrogen-bond donors (Lipinski definition) is 1. The van der Waals surface area contributed by atoms with Gasteiger partial charge in [0, 0.05) is 69.3 Å². The summed E-state index contributed by atoms with van der Waals surface area (Å²) in [4.78, 5) is 28.3. The van der Waals surface area contributed by atoms with E-state index in [9.17, 15) is 4.79 Å². The molecule has 0 amide bonds. The summed E-state index contributed by atoms with van der Waals surface area (Å²) < 4.78 is 3.92. The summed E-state index contributed by atoms with van der Waals surface area (Å²) in [6.07, 6.45) is 5.72. The van der Waals surface area contributed by atoms with Gasteiger partial charge in [-0.05, 0) is 31.4 Å². The molecule has 0 saturated carbocycles. The Labute approximate surface area is 170 Å². The van der Waals surface area contributed by atoms with Crippen LogP contribution in [0.25, 0.3) is 11.4 Å². The number of H-pyrrole nitrogens is 1. The highest BCUT2D eigenvalue weighted by molar-refractivity contribution is 5.54. The van der Waals surface area contributed by atoms with Crippen molar-refractivity contribution in [3.8, 4) is 11.4 Å². The number of piperidine rings is 1. The lowest BCUT2D eigenvalue weighted by Gasteiger charge is -2.42. The molecule has 5 rings (SSSR count). The van der Waals surface area contributed by atoms with Gasteiger partial charge in [-0.2, -0.15) is 0 Å². The Balaban J connectivity index is 1.42. The average Bonchev–Trinajstić information content (AvgIpc) is 3.28. The summed E-state index contributed by atoms with van der Waals surface area (Å²) in [5.41, 5.74) is 4.29. The van der Waals surface area contributed by atoms with Crippen LogP contribution in [0.2, 0.25) is 0 Å². The van der Waals surface area contributed by atoms with E-state index >= 15 is 0 Å². The minimum atomic E-state index is 0.0932. The maximum Gasteiger partial charge on any atom is 0.261 e. The van der Waals surface area contributed by atoms with E-state index in [1.807, 2.05) is 28.4 Å². The lowest BCUT2D eigenvalue weighted by atomic mass is 9.83. The first kappa shape index (κ1) is 18.4. The second-order valence-electron chi connectivity index (χ2n) is 8.55. The Morgan fingerprint density at radius 3 is 2.83 bits per heavy atom. The van der Waals surface area contributed by atoms with Gasteiger partial charge in [0.1, 0.15) is 11.6 Å². The van der Waals surface area contributed by atoms with Gasteiger partial charge < -0.3 is 14.1 Å². The molecule has 1 fully saturated rings. The minimum absolute atomic E-state index is 0.0932. The van der Waals surface area contributed by atoms with Crippen LogP contribution in [-0.2, 0) is 26.6 Å². The van der Waals surface area contributed by atoms with Gasteiger partial charge in [0.25, 0.3) is 5.56 Å². The van der Waals surface area contributed by atoms with E-state index in [2.05, 4.69) is 34.8 Å². The highest BCUT2D eigenvalue weighted by Crippen LogP contribution is 2.36. The SMILES string of the molecule is CCc1nc(CN2C[C@@H]3C[C@H](C2)c2ccc(-c4nccn4C)c(=O)n2C3)c(C)[nH]1. The molecule has 29 heavy (non-hydrogen) atoms. The molecule has 1 N–H and O–H groups in total. The van der Waals surface area contributed by atoms with Gasteiger partial charge in [0.15, 0.2) is 0 Å². The molecule has 0 radical (unpaired) electrons. The van der Waals surface area contributed by atoms with Crippen molar-refractivity contribution in [1.82, 2.24) is 29.0 Å². The zero-order chi connectivity index (χ0) is 20.1. The molecule has 2 atom stereocenters. The Morgan fingerprint density at radius 1 is 1.24 bits per heavy atom. The maximum absolute atomic E-state index is 13.2. The monoisotopic (exact) mass is 392 g/mol. The largest absolute Gasteiger partial charge is 0.346 e. The highest BCUT2D eigenvalue weighted by atomic mass is 16.1. The predicted molar refractivity (Wildman–Crippen MR) is 112 cm³/mol. The molecule has 7 nitrogen and oxygen atoms in total. The van der Waals surface area contributed by atoms with E-state index in [0.717, 1.165) is 56.4 Å². The lowest BCUT2D eigenvalue weighted by molar-refractivity contribution is 0.113. The van der Waals surface area contributed by atoms with Crippen LogP contribution in [0.5, 0.6) is 0 Å². The molecule has 5 heterocycles. The van der Waals surface area contributed by atoms with Crippen LogP contribution < -0.4 is 5.56 Å². The van der Waals surface area contributed by atoms with Crippen molar-refractivity contribution in [3.63, 3.8) is 0 Å². The first-order valence-electron chi connectivity index (χ1n) is 10.5. The van der Waals surface area contributed by atoms with Gasteiger partial charge in [0.05, 0.1) is 11.3 Å². The summed E-state index contributed by atoms with van der Waals surface area (Å²) in [6.45, 7) is 7.90. The third kappa shape index (κ3) is 3.13. The molecule has 0 aliphatic carbocycles.